The molecule has 0 aliphatic heterocycles. The average Bonchev–Trinajstić information content (AvgIpc) is 3.01. The number of amides is 1. The summed E-state index contributed by atoms with van der Waals surface area (Å²) in [4.78, 5) is 12.6. The Morgan fingerprint density at radius 2 is 2.12 bits per heavy atom. The standard InChI is InChI=1S/C19H25N3O3/c1-12-7-6-8-15(11-12)24-13(2)18(23)20-17-10-5-4-9-16(17)19-22-21-14(3)25-19/h4-5,9-10,12-13,15H,6-8,11H2,1-3H3,(H,20,23)/t12-,13-,15+/m0/s1. The molecule has 6 heteroatoms. The van der Waals surface area contributed by atoms with Crippen LogP contribution in [0, 0.1) is 12.8 Å². The quantitative estimate of drug-likeness (QED) is 0.889. The van der Waals surface area contributed by atoms with Crippen LogP contribution in [0.15, 0.2) is 28.7 Å². The van der Waals surface area contributed by atoms with Crippen molar-refractivity contribution in [3.63, 3.8) is 0 Å². The van der Waals surface area contributed by atoms with E-state index in [9.17, 15) is 4.79 Å². The molecule has 1 fully saturated rings. The lowest BCUT2D eigenvalue weighted by Gasteiger charge is -2.29. The molecule has 1 heterocycles. The van der Waals surface area contributed by atoms with Gasteiger partial charge in [0, 0.05) is 6.92 Å². The Kier molecular flexibility index (Phi) is 5.48. The minimum atomic E-state index is -0.507. The first-order chi connectivity index (χ1) is 12.0. The monoisotopic (exact) mass is 343 g/mol. The summed E-state index contributed by atoms with van der Waals surface area (Å²) in [6, 6.07) is 7.39. The second kappa shape index (κ2) is 7.78. The maximum absolute atomic E-state index is 12.6. The van der Waals surface area contributed by atoms with Crippen molar-refractivity contribution < 1.29 is 13.9 Å². The highest BCUT2D eigenvalue weighted by Crippen LogP contribution is 2.28. The molecule has 0 spiro atoms. The second-order valence-corrected chi connectivity index (χ2v) is 6.83. The van der Waals surface area contributed by atoms with Gasteiger partial charge in [0.15, 0.2) is 0 Å². The summed E-state index contributed by atoms with van der Waals surface area (Å²) < 4.78 is 11.5. The number of benzene rings is 1. The van der Waals surface area contributed by atoms with Gasteiger partial charge in [0.2, 0.25) is 11.8 Å². The van der Waals surface area contributed by atoms with Crippen LogP contribution in [0.3, 0.4) is 0 Å². The summed E-state index contributed by atoms with van der Waals surface area (Å²) in [5.41, 5.74) is 1.35. The molecule has 6 nitrogen and oxygen atoms in total. The van der Waals surface area contributed by atoms with Crippen LogP contribution in [0.2, 0.25) is 0 Å². The zero-order chi connectivity index (χ0) is 17.8. The number of ether oxygens (including phenoxy) is 1. The van der Waals surface area contributed by atoms with Crippen molar-refractivity contribution in [2.45, 2.75) is 58.7 Å². The Bertz CT molecular complexity index is 728. The molecule has 25 heavy (non-hydrogen) atoms. The summed E-state index contributed by atoms with van der Waals surface area (Å²) >= 11 is 0. The molecule has 134 valence electrons. The molecule has 1 N–H and O–H groups in total. The predicted octanol–water partition coefficient (Wildman–Crippen LogP) is 3.97. The van der Waals surface area contributed by atoms with Gasteiger partial charge in [0.25, 0.3) is 5.91 Å². The number of anilines is 1. The van der Waals surface area contributed by atoms with Crippen LogP contribution < -0.4 is 5.32 Å². The number of rotatable bonds is 5. The zero-order valence-electron chi connectivity index (χ0n) is 15.0. The Labute approximate surface area is 148 Å². The topological polar surface area (TPSA) is 77.2 Å². The molecule has 1 aromatic heterocycles. The molecule has 3 rings (SSSR count). The van der Waals surface area contributed by atoms with Crippen molar-refractivity contribution in [3.8, 4) is 11.5 Å². The first-order valence-electron chi connectivity index (χ1n) is 8.88. The molecule has 0 unspecified atom stereocenters. The van der Waals surface area contributed by atoms with Crippen molar-refractivity contribution >= 4 is 11.6 Å². The SMILES string of the molecule is Cc1nnc(-c2ccccc2NC(=O)[C@H](C)O[C@@H]2CCC[C@H](C)C2)o1. The number of carbonyl (C=O) groups excluding carboxylic acids is 1. The van der Waals surface area contributed by atoms with E-state index in [2.05, 4.69) is 22.4 Å². The minimum Gasteiger partial charge on any atom is -0.421 e. The lowest BCUT2D eigenvalue weighted by molar-refractivity contribution is -0.131. The lowest BCUT2D eigenvalue weighted by Crippen LogP contribution is -2.33. The molecule has 0 saturated heterocycles. The third-order valence-electron chi connectivity index (χ3n) is 4.60. The zero-order valence-corrected chi connectivity index (χ0v) is 15.0. The van der Waals surface area contributed by atoms with Gasteiger partial charge in [-0.3, -0.25) is 4.79 Å². The van der Waals surface area contributed by atoms with Gasteiger partial charge in [-0.2, -0.15) is 0 Å². The number of para-hydroxylation sites is 1. The first kappa shape index (κ1) is 17.6. The molecule has 1 aliphatic carbocycles. The molecule has 1 amide bonds. The molecular weight excluding hydrogens is 318 g/mol. The number of carbonyl (C=O) groups is 1. The van der Waals surface area contributed by atoms with Crippen LogP contribution in [0.4, 0.5) is 5.69 Å². The van der Waals surface area contributed by atoms with Gasteiger partial charge in [0.05, 0.1) is 17.4 Å². The van der Waals surface area contributed by atoms with Crippen molar-refractivity contribution in [3.05, 3.63) is 30.2 Å². The van der Waals surface area contributed by atoms with Crippen molar-refractivity contribution in [2.24, 2.45) is 5.92 Å². The van der Waals surface area contributed by atoms with Crippen LogP contribution >= 0.6 is 0 Å². The van der Waals surface area contributed by atoms with Gasteiger partial charge in [-0.25, -0.2) is 0 Å². The van der Waals surface area contributed by atoms with Crippen LogP contribution in [-0.2, 0) is 9.53 Å². The third-order valence-corrected chi connectivity index (χ3v) is 4.60. The van der Waals surface area contributed by atoms with Crippen molar-refractivity contribution in [2.75, 3.05) is 5.32 Å². The van der Waals surface area contributed by atoms with E-state index in [1.807, 2.05) is 24.3 Å². The smallest absolute Gasteiger partial charge is 0.253 e. The maximum atomic E-state index is 12.6. The first-order valence-corrected chi connectivity index (χ1v) is 8.88. The molecule has 2 aromatic rings. The number of nitrogens with one attached hydrogen (secondary N) is 1. The van der Waals surface area contributed by atoms with Crippen LogP contribution in [-0.4, -0.2) is 28.3 Å². The Morgan fingerprint density at radius 3 is 2.84 bits per heavy atom. The predicted molar refractivity (Wildman–Crippen MR) is 95.1 cm³/mol. The number of hydrogen-bond donors (Lipinski definition) is 1. The molecule has 3 atom stereocenters. The van der Waals surface area contributed by atoms with Gasteiger partial charge < -0.3 is 14.5 Å². The number of aromatic nitrogens is 2. The third kappa shape index (κ3) is 4.45. The summed E-state index contributed by atoms with van der Waals surface area (Å²) in [7, 11) is 0. The normalized spacial score (nSPS) is 21.7. The van der Waals surface area contributed by atoms with Gasteiger partial charge in [0.1, 0.15) is 6.10 Å². The fourth-order valence-corrected chi connectivity index (χ4v) is 3.27. The Morgan fingerprint density at radius 1 is 1.32 bits per heavy atom. The Hall–Kier alpha value is -2.21. The summed E-state index contributed by atoms with van der Waals surface area (Å²) in [5, 5.41) is 10.8. The number of aryl methyl sites for hydroxylation is 1. The molecule has 1 aliphatic rings. The van der Waals surface area contributed by atoms with Crippen molar-refractivity contribution in [1.82, 2.24) is 10.2 Å². The molecule has 0 bridgehead atoms. The summed E-state index contributed by atoms with van der Waals surface area (Å²) in [6.45, 7) is 5.77. The highest BCUT2D eigenvalue weighted by molar-refractivity contribution is 5.97. The van der Waals surface area contributed by atoms with Crippen molar-refractivity contribution in [1.29, 1.82) is 0 Å². The maximum Gasteiger partial charge on any atom is 0.253 e. The van der Waals surface area contributed by atoms with E-state index in [0.29, 0.717) is 29.0 Å². The Balaban J connectivity index is 1.66. The average molecular weight is 343 g/mol. The van der Waals surface area contributed by atoms with Gasteiger partial charge in [-0.1, -0.05) is 31.9 Å². The lowest BCUT2D eigenvalue weighted by atomic mass is 9.88. The molecule has 0 radical (unpaired) electrons. The summed E-state index contributed by atoms with van der Waals surface area (Å²) in [6.07, 6.45) is 4.12. The highest BCUT2D eigenvalue weighted by atomic mass is 16.5. The molecule has 1 saturated carbocycles. The fourth-order valence-electron chi connectivity index (χ4n) is 3.27. The van der Waals surface area contributed by atoms with Gasteiger partial charge >= 0.3 is 0 Å². The van der Waals surface area contributed by atoms with E-state index >= 15 is 0 Å². The largest absolute Gasteiger partial charge is 0.421 e. The van der Waals surface area contributed by atoms with Crippen LogP contribution in [0.5, 0.6) is 0 Å². The molecular formula is C19H25N3O3. The minimum absolute atomic E-state index is 0.165. The number of nitrogens with zero attached hydrogens (tertiary/aromatic N) is 2. The van der Waals surface area contributed by atoms with Gasteiger partial charge in [-0.05, 0) is 37.8 Å². The van der Waals surface area contributed by atoms with E-state index in [-0.39, 0.29) is 12.0 Å². The van der Waals surface area contributed by atoms with Gasteiger partial charge in [-0.15, -0.1) is 10.2 Å². The summed E-state index contributed by atoms with van der Waals surface area (Å²) in [5.74, 6) is 1.37. The second-order valence-electron chi connectivity index (χ2n) is 6.83. The molecule has 1 aromatic carbocycles. The van der Waals surface area contributed by atoms with E-state index in [0.717, 1.165) is 12.8 Å². The van der Waals surface area contributed by atoms with E-state index in [4.69, 9.17) is 9.15 Å². The van der Waals surface area contributed by atoms with E-state index < -0.39 is 6.10 Å². The van der Waals surface area contributed by atoms with Crippen LogP contribution in [0.1, 0.15) is 45.4 Å². The highest BCUT2D eigenvalue weighted by Gasteiger charge is 2.24. The van der Waals surface area contributed by atoms with E-state index in [1.165, 1.54) is 12.8 Å². The number of hydrogen-bond acceptors (Lipinski definition) is 5. The van der Waals surface area contributed by atoms with Crippen LogP contribution in [0.25, 0.3) is 11.5 Å². The fraction of sp³-hybridized carbons (Fsp3) is 0.526. The van der Waals surface area contributed by atoms with E-state index in [1.54, 1.807) is 13.8 Å².